The largest absolute Gasteiger partial charge is 0.460 e. The molecule has 0 saturated carbocycles. The van der Waals surface area contributed by atoms with Crippen LogP contribution in [0, 0.1) is 6.92 Å². The van der Waals surface area contributed by atoms with Crippen molar-refractivity contribution in [1.29, 1.82) is 0 Å². The van der Waals surface area contributed by atoms with Crippen LogP contribution >= 0.6 is 0 Å². The zero-order valence-corrected chi connectivity index (χ0v) is 16.0. The van der Waals surface area contributed by atoms with Gasteiger partial charge in [0.1, 0.15) is 12.6 Å². The first-order valence-corrected chi connectivity index (χ1v) is 10.1. The summed E-state index contributed by atoms with van der Waals surface area (Å²) in [5.41, 5.74) is 1.83. The van der Waals surface area contributed by atoms with Gasteiger partial charge in [0, 0.05) is 0 Å². The van der Waals surface area contributed by atoms with Gasteiger partial charge in [-0.2, -0.15) is 4.72 Å². The van der Waals surface area contributed by atoms with Gasteiger partial charge in [0.2, 0.25) is 10.0 Å². The minimum absolute atomic E-state index is 0.0801. The lowest BCUT2D eigenvalue weighted by molar-refractivity contribution is -0.146. The topological polar surface area (TPSA) is 72.5 Å². The average Bonchev–Trinajstić information content (AvgIpc) is 2.66. The van der Waals surface area contributed by atoms with Crippen LogP contribution in [0.25, 0.3) is 10.8 Å². The second-order valence-electron chi connectivity index (χ2n) is 6.40. The van der Waals surface area contributed by atoms with Crippen molar-refractivity contribution < 1.29 is 17.9 Å². The van der Waals surface area contributed by atoms with Crippen LogP contribution in [0.5, 0.6) is 0 Å². The first kappa shape index (κ1) is 19.1. The van der Waals surface area contributed by atoms with Gasteiger partial charge in [0.05, 0.1) is 4.90 Å². The molecule has 0 spiro atoms. The van der Waals surface area contributed by atoms with Crippen molar-refractivity contribution >= 4 is 26.8 Å². The molecule has 0 radical (unpaired) electrons. The predicted molar refractivity (Wildman–Crippen MR) is 105 cm³/mol. The Kier molecular flexibility index (Phi) is 5.58. The van der Waals surface area contributed by atoms with Gasteiger partial charge in [0.15, 0.2) is 0 Å². The number of carbonyl (C=O) groups excluding carboxylic acids is 1. The van der Waals surface area contributed by atoms with E-state index in [9.17, 15) is 13.2 Å². The Morgan fingerprint density at radius 3 is 2.41 bits per heavy atom. The molecule has 0 aromatic heterocycles. The number of aryl methyl sites for hydroxylation is 1. The number of rotatable bonds is 6. The summed E-state index contributed by atoms with van der Waals surface area (Å²) >= 11 is 0. The van der Waals surface area contributed by atoms with E-state index < -0.39 is 22.0 Å². The third kappa shape index (κ3) is 4.53. The SMILES string of the molecule is Cc1ccc(S(=O)(=O)N[C@@H](C)C(=O)OCc2cccc3ccccc23)cc1. The molecule has 5 nitrogen and oxygen atoms in total. The summed E-state index contributed by atoms with van der Waals surface area (Å²) in [7, 11) is -3.79. The molecule has 3 aromatic rings. The molecule has 0 bridgehead atoms. The van der Waals surface area contributed by atoms with Gasteiger partial charge in [-0.15, -0.1) is 0 Å². The zero-order valence-electron chi connectivity index (χ0n) is 15.2. The fraction of sp³-hybridized carbons (Fsp3) is 0.190. The Morgan fingerprint density at radius 1 is 1.00 bits per heavy atom. The molecule has 0 aliphatic carbocycles. The van der Waals surface area contributed by atoms with Crippen LogP contribution in [0.2, 0.25) is 0 Å². The molecule has 0 amide bonds. The minimum Gasteiger partial charge on any atom is -0.460 e. The first-order valence-electron chi connectivity index (χ1n) is 8.59. The maximum atomic E-state index is 12.4. The third-order valence-corrected chi connectivity index (χ3v) is 5.82. The standard InChI is InChI=1S/C21H21NO4S/c1-15-10-12-19(13-11-15)27(24,25)22-16(2)21(23)26-14-18-8-5-7-17-6-3-4-9-20(17)18/h3-13,16,22H,14H2,1-2H3/t16-/m0/s1. The zero-order chi connectivity index (χ0) is 19.4. The Balaban J connectivity index is 1.66. The lowest BCUT2D eigenvalue weighted by Gasteiger charge is -2.14. The van der Waals surface area contributed by atoms with Crippen LogP contribution in [0.4, 0.5) is 0 Å². The van der Waals surface area contributed by atoms with E-state index >= 15 is 0 Å². The molecule has 0 heterocycles. The van der Waals surface area contributed by atoms with Gasteiger partial charge in [-0.25, -0.2) is 8.42 Å². The Morgan fingerprint density at radius 2 is 1.67 bits per heavy atom. The molecule has 3 aromatic carbocycles. The summed E-state index contributed by atoms with van der Waals surface area (Å²) in [6.45, 7) is 3.42. The molecule has 27 heavy (non-hydrogen) atoms. The quantitative estimate of drug-likeness (QED) is 0.661. The normalized spacial score (nSPS) is 12.7. The number of fused-ring (bicyclic) bond motifs is 1. The predicted octanol–water partition coefficient (Wildman–Crippen LogP) is 3.56. The Hall–Kier alpha value is -2.70. The number of carbonyl (C=O) groups is 1. The van der Waals surface area contributed by atoms with Gasteiger partial charge >= 0.3 is 5.97 Å². The summed E-state index contributed by atoms with van der Waals surface area (Å²) in [5, 5.41) is 2.06. The molecule has 1 atom stereocenters. The van der Waals surface area contributed by atoms with E-state index in [2.05, 4.69) is 4.72 Å². The van der Waals surface area contributed by atoms with Crippen molar-refractivity contribution in [3.05, 3.63) is 77.9 Å². The summed E-state index contributed by atoms with van der Waals surface area (Å²) in [6, 6.07) is 19.0. The van der Waals surface area contributed by atoms with Crippen molar-refractivity contribution in [3.8, 4) is 0 Å². The summed E-state index contributed by atoms with van der Waals surface area (Å²) in [5.74, 6) is -0.626. The second-order valence-corrected chi connectivity index (χ2v) is 8.12. The number of hydrogen-bond donors (Lipinski definition) is 1. The van der Waals surface area contributed by atoms with Gasteiger partial charge in [0.25, 0.3) is 0 Å². The Labute approximate surface area is 159 Å². The van der Waals surface area contributed by atoms with Crippen molar-refractivity contribution in [2.75, 3.05) is 0 Å². The van der Waals surface area contributed by atoms with Gasteiger partial charge in [-0.3, -0.25) is 4.79 Å². The lowest BCUT2D eigenvalue weighted by Crippen LogP contribution is -2.39. The highest BCUT2D eigenvalue weighted by molar-refractivity contribution is 7.89. The number of esters is 1. The average molecular weight is 383 g/mol. The van der Waals surface area contributed by atoms with E-state index in [4.69, 9.17) is 4.74 Å². The van der Waals surface area contributed by atoms with Gasteiger partial charge in [-0.1, -0.05) is 60.2 Å². The summed E-state index contributed by atoms with van der Waals surface area (Å²) in [6.07, 6.45) is 0. The van der Waals surface area contributed by atoms with Gasteiger partial charge < -0.3 is 4.74 Å². The number of ether oxygens (including phenoxy) is 1. The van der Waals surface area contributed by atoms with Crippen LogP contribution < -0.4 is 4.72 Å². The fourth-order valence-corrected chi connectivity index (χ4v) is 3.95. The molecular weight excluding hydrogens is 362 g/mol. The van der Waals surface area contributed by atoms with E-state index in [1.54, 1.807) is 12.1 Å². The van der Waals surface area contributed by atoms with E-state index in [1.807, 2.05) is 49.4 Å². The van der Waals surface area contributed by atoms with Gasteiger partial charge in [-0.05, 0) is 42.3 Å². The second kappa shape index (κ2) is 7.90. The maximum Gasteiger partial charge on any atom is 0.324 e. The number of benzene rings is 3. The maximum absolute atomic E-state index is 12.4. The highest BCUT2D eigenvalue weighted by Crippen LogP contribution is 2.19. The van der Waals surface area contributed by atoms with Crippen LogP contribution in [-0.4, -0.2) is 20.4 Å². The summed E-state index contributed by atoms with van der Waals surface area (Å²) in [4.78, 5) is 12.4. The molecule has 0 unspecified atom stereocenters. The molecule has 3 rings (SSSR count). The molecule has 0 aliphatic heterocycles. The number of nitrogens with one attached hydrogen (secondary N) is 1. The van der Waals surface area contributed by atoms with Crippen molar-refractivity contribution in [2.24, 2.45) is 0 Å². The molecule has 6 heteroatoms. The molecule has 0 aliphatic rings. The lowest BCUT2D eigenvalue weighted by atomic mass is 10.1. The fourth-order valence-electron chi connectivity index (χ4n) is 2.76. The van der Waals surface area contributed by atoms with E-state index in [1.165, 1.54) is 19.1 Å². The molecule has 0 saturated heterocycles. The van der Waals surface area contributed by atoms with Crippen molar-refractivity contribution in [3.63, 3.8) is 0 Å². The third-order valence-electron chi connectivity index (χ3n) is 4.27. The minimum atomic E-state index is -3.79. The molecule has 1 N–H and O–H groups in total. The van der Waals surface area contributed by atoms with E-state index in [0.29, 0.717) is 0 Å². The smallest absolute Gasteiger partial charge is 0.324 e. The number of sulfonamides is 1. The van der Waals surface area contributed by atoms with Crippen LogP contribution in [-0.2, 0) is 26.2 Å². The molecule has 0 fully saturated rings. The Bertz CT molecular complexity index is 1050. The molecular formula is C21H21NO4S. The van der Waals surface area contributed by atoms with Crippen LogP contribution in [0.15, 0.2) is 71.6 Å². The first-order chi connectivity index (χ1) is 12.9. The highest BCUT2D eigenvalue weighted by Gasteiger charge is 2.23. The van der Waals surface area contributed by atoms with Crippen LogP contribution in [0.3, 0.4) is 0 Å². The van der Waals surface area contributed by atoms with E-state index in [0.717, 1.165) is 21.9 Å². The monoisotopic (exact) mass is 383 g/mol. The van der Waals surface area contributed by atoms with Crippen molar-refractivity contribution in [1.82, 2.24) is 4.72 Å². The van der Waals surface area contributed by atoms with E-state index in [-0.39, 0.29) is 11.5 Å². The number of hydrogen-bond acceptors (Lipinski definition) is 4. The molecule has 140 valence electrons. The van der Waals surface area contributed by atoms with Crippen molar-refractivity contribution in [2.45, 2.75) is 31.4 Å². The van der Waals surface area contributed by atoms with Crippen LogP contribution in [0.1, 0.15) is 18.1 Å². The summed E-state index contributed by atoms with van der Waals surface area (Å²) < 4.78 is 32.5. The highest BCUT2D eigenvalue weighted by atomic mass is 32.2.